The van der Waals surface area contributed by atoms with Gasteiger partial charge in [0.25, 0.3) is 5.91 Å². The van der Waals surface area contributed by atoms with Crippen molar-refractivity contribution in [2.75, 3.05) is 19.0 Å². The van der Waals surface area contributed by atoms with E-state index in [4.69, 9.17) is 21.1 Å². The van der Waals surface area contributed by atoms with E-state index in [9.17, 15) is 4.79 Å². The Morgan fingerprint density at radius 1 is 1.12 bits per heavy atom. The second-order valence-electron chi connectivity index (χ2n) is 4.90. The molecule has 0 bridgehead atoms. The average Bonchev–Trinajstić information content (AvgIpc) is 3.09. The summed E-state index contributed by atoms with van der Waals surface area (Å²) in [6.07, 6.45) is 0. The molecule has 0 aliphatic heterocycles. The van der Waals surface area contributed by atoms with Gasteiger partial charge in [-0.15, -0.1) is 10.2 Å². The van der Waals surface area contributed by atoms with Crippen molar-refractivity contribution in [2.45, 2.75) is 0 Å². The fraction of sp³-hybridized carbons (Fsp3) is 0.118. The molecule has 1 N–H and O–H groups in total. The van der Waals surface area contributed by atoms with Crippen molar-refractivity contribution in [1.82, 2.24) is 10.2 Å². The van der Waals surface area contributed by atoms with E-state index in [0.29, 0.717) is 20.9 Å². The van der Waals surface area contributed by atoms with Crippen LogP contribution in [0.15, 0.2) is 48.5 Å². The van der Waals surface area contributed by atoms with Crippen LogP contribution in [0.3, 0.4) is 0 Å². The lowest BCUT2D eigenvalue weighted by atomic mass is 10.2. The molecule has 0 spiro atoms. The highest BCUT2D eigenvalue weighted by Crippen LogP contribution is 2.31. The number of anilines is 1. The first kappa shape index (κ1) is 17.2. The van der Waals surface area contributed by atoms with Gasteiger partial charge in [0.1, 0.15) is 11.5 Å². The van der Waals surface area contributed by atoms with E-state index in [1.165, 1.54) is 11.3 Å². The zero-order valence-electron chi connectivity index (χ0n) is 13.2. The minimum absolute atomic E-state index is 0.132. The second kappa shape index (κ2) is 7.96. The van der Waals surface area contributed by atoms with Gasteiger partial charge < -0.3 is 9.47 Å². The summed E-state index contributed by atoms with van der Waals surface area (Å²) in [7, 11) is 1.59. The molecule has 0 saturated heterocycles. The summed E-state index contributed by atoms with van der Waals surface area (Å²) in [4.78, 5) is 12.0. The number of methoxy groups -OCH3 is 1. The van der Waals surface area contributed by atoms with Crippen molar-refractivity contribution < 1.29 is 14.3 Å². The third kappa shape index (κ3) is 4.46. The lowest BCUT2D eigenvalue weighted by Crippen LogP contribution is -2.20. The topological polar surface area (TPSA) is 73.3 Å². The minimum atomic E-state index is -0.322. The Labute approximate surface area is 153 Å². The summed E-state index contributed by atoms with van der Waals surface area (Å²) in [6.45, 7) is -0.132. The van der Waals surface area contributed by atoms with Gasteiger partial charge in [0.2, 0.25) is 5.13 Å². The first-order valence-electron chi connectivity index (χ1n) is 7.31. The smallest absolute Gasteiger partial charge is 0.264 e. The molecular weight excluding hydrogens is 362 g/mol. The van der Waals surface area contributed by atoms with Crippen molar-refractivity contribution >= 4 is 34.0 Å². The van der Waals surface area contributed by atoms with Crippen molar-refractivity contribution in [1.29, 1.82) is 0 Å². The molecule has 1 heterocycles. The Morgan fingerprint density at radius 2 is 1.84 bits per heavy atom. The molecular formula is C17H14ClN3O3S. The highest BCUT2D eigenvalue weighted by atomic mass is 35.5. The normalized spacial score (nSPS) is 10.3. The zero-order valence-corrected chi connectivity index (χ0v) is 14.8. The van der Waals surface area contributed by atoms with Crippen LogP contribution in [0.2, 0.25) is 5.02 Å². The number of carbonyl (C=O) groups excluding carboxylic acids is 1. The average molecular weight is 376 g/mol. The number of carbonyl (C=O) groups is 1. The predicted octanol–water partition coefficient (Wildman–Crippen LogP) is 3.88. The van der Waals surface area contributed by atoms with Crippen LogP contribution in [-0.4, -0.2) is 29.8 Å². The number of nitrogens with zero attached hydrogens (tertiary/aromatic N) is 2. The third-order valence-corrected chi connectivity index (χ3v) is 4.41. The van der Waals surface area contributed by atoms with Gasteiger partial charge >= 0.3 is 0 Å². The van der Waals surface area contributed by atoms with Gasteiger partial charge in [-0.2, -0.15) is 0 Å². The summed E-state index contributed by atoms with van der Waals surface area (Å²) in [5, 5.41) is 12.3. The Morgan fingerprint density at radius 3 is 2.56 bits per heavy atom. The van der Waals surface area contributed by atoms with Crippen LogP contribution in [0.5, 0.6) is 11.5 Å². The highest BCUT2D eigenvalue weighted by Gasteiger charge is 2.12. The number of aromatic nitrogens is 2. The molecule has 3 rings (SSSR count). The summed E-state index contributed by atoms with van der Waals surface area (Å²) in [6, 6.07) is 14.3. The number of ether oxygens (including phenoxy) is 2. The van der Waals surface area contributed by atoms with Gasteiger partial charge in [0.15, 0.2) is 11.6 Å². The highest BCUT2D eigenvalue weighted by molar-refractivity contribution is 7.18. The van der Waals surface area contributed by atoms with E-state index in [1.54, 1.807) is 37.4 Å². The number of hydrogen-bond acceptors (Lipinski definition) is 6. The first-order chi connectivity index (χ1) is 12.2. The van der Waals surface area contributed by atoms with Crippen molar-refractivity contribution in [3.05, 3.63) is 53.6 Å². The standard InChI is InChI=1S/C17H14ClN3O3S/c1-23-11-6-8-12(9-7-11)24-10-15(22)19-17-21-20-16(25-17)13-4-2-3-5-14(13)18/h2-9H,10H2,1H3,(H,19,21,22). The molecule has 128 valence electrons. The monoisotopic (exact) mass is 375 g/mol. The Hall–Kier alpha value is -2.64. The Kier molecular flexibility index (Phi) is 5.47. The van der Waals surface area contributed by atoms with Crippen molar-refractivity contribution in [2.24, 2.45) is 0 Å². The maximum Gasteiger partial charge on any atom is 0.264 e. The van der Waals surface area contributed by atoms with Crippen LogP contribution >= 0.6 is 22.9 Å². The van der Waals surface area contributed by atoms with Crippen LogP contribution < -0.4 is 14.8 Å². The molecule has 8 heteroatoms. The molecule has 25 heavy (non-hydrogen) atoms. The molecule has 3 aromatic rings. The summed E-state index contributed by atoms with van der Waals surface area (Å²) >= 11 is 7.38. The number of halogens is 1. The minimum Gasteiger partial charge on any atom is -0.497 e. The lowest BCUT2D eigenvalue weighted by molar-refractivity contribution is -0.118. The van der Waals surface area contributed by atoms with Gasteiger partial charge in [-0.05, 0) is 30.3 Å². The maximum absolute atomic E-state index is 12.0. The SMILES string of the molecule is COc1ccc(OCC(=O)Nc2nnc(-c3ccccc3Cl)s2)cc1. The molecule has 0 unspecified atom stereocenters. The fourth-order valence-corrected chi connectivity index (χ4v) is 3.07. The molecule has 0 radical (unpaired) electrons. The molecule has 2 aromatic carbocycles. The van der Waals surface area contributed by atoms with E-state index in [2.05, 4.69) is 15.5 Å². The fourth-order valence-electron chi connectivity index (χ4n) is 1.99. The summed E-state index contributed by atoms with van der Waals surface area (Å²) in [5.74, 6) is 0.973. The van der Waals surface area contributed by atoms with Gasteiger partial charge in [0, 0.05) is 5.56 Å². The van der Waals surface area contributed by atoms with E-state index < -0.39 is 0 Å². The van der Waals surface area contributed by atoms with E-state index >= 15 is 0 Å². The molecule has 0 aliphatic carbocycles. The van der Waals surface area contributed by atoms with Crippen LogP contribution in [-0.2, 0) is 4.79 Å². The van der Waals surface area contributed by atoms with Crippen LogP contribution in [0.25, 0.3) is 10.6 Å². The number of hydrogen-bond donors (Lipinski definition) is 1. The largest absolute Gasteiger partial charge is 0.497 e. The predicted molar refractivity (Wildman–Crippen MR) is 97.5 cm³/mol. The molecule has 0 atom stereocenters. The maximum atomic E-state index is 12.0. The number of benzene rings is 2. The molecule has 1 aromatic heterocycles. The number of rotatable bonds is 6. The van der Waals surface area contributed by atoms with Gasteiger partial charge in [-0.1, -0.05) is 41.1 Å². The Balaban J connectivity index is 1.57. The van der Waals surface area contributed by atoms with E-state index in [1.807, 2.05) is 18.2 Å². The molecule has 0 fully saturated rings. The van der Waals surface area contributed by atoms with Crippen LogP contribution in [0.4, 0.5) is 5.13 Å². The van der Waals surface area contributed by atoms with Crippen molar-refractivity contribution in [3.63, 3.8) is 0 Å². The van der Waals surface area contributed by atoms with Crippen molar-refractivity contribution in [3.8, 4) is 22.1 Å². The second-order valence-corrected chi connectivity index (χ2v) is 6.29. The summed E-state index contributed by atoms with van der Waals surface area (Å²) < 4.78 is 10.5. The lowest BCUT2D eigenvalue weighted by Gasteiger charge is -2.06. The third-order valence-electron chi connectivity index (χ3n) is 3.20. The van der Waals surface area contributed by atoms with Crippen LogP contribution in [0.1, 0.15) is 0 Å². The molecule has 6 nitrogen and oxygen atoms in total. The van der Waals surface area contributed by atoms with Gasteiger partial charge in [-0.3, -0.25) is 10.1 Å². The molecule has 0 aliphatic rings. The summed E-state index contributed by atoms with van der Waals surface area (Å²) in [5.41, 5.74) is 0.775. The van der Waals surface area contributed by atoms with Crippen LogP contribution in [0, 0.1) is 0 Å². The Bertz CT molecular complexity index is 868. The number of nitrogens with one attached hydrogen (secondary N) is 1. The van der Waals surface area contributed by atoms with Gasteiger partial charge in [-0.25, -0.2) is 0 Å². The first-order valence-corrected chi connectivity index (χ1v) is 8.50. The molecule has 1 amide bonds. The zero-order chi connectivity index (χ0) is 17.6. The van der Waals surface area contributed by atoms with E-state index in [-0.39, 0.29) is 12.5 Å². The quantitative estimate of drug-likeness (QED) is 0.707. The van der Waals surface area contributed by atoms with E-state index in [0.717, 1.165) is 11.3 Å². The molecule has 0 saturated carbocycles. The van der Waals surface area contributed by atoms with Gasteiger partial charge in [0.05, 0.1) is 12.1 Å². The number of amides is 1.